The van der Waals surface area contributed by atoms with Gasteiger partial charge in [-0.2, -0.15) is 0 Å². The molecule has 2 amide bonds. The number of amides is 2. The van der Waals surface area contributed by atoms with Gasteiger partial charge >= 0.3 is 5.97 Å². The zero-order valence-corrected chi connectivity index (χ0v) is 13.4. The molecule has 0 atom stereocenters. The number of ether oxygens (including phenoxy) is 1. The lowest BCUT2D eigenvalue weighted by Crippen LogP contribution is -2.42. The van der Waals surface area contributed by atoms with Gasteiger partial charge in [-0.05, 0) is 12.8 Å². The Morgan fingerprint density at radius 3 is 2.24 bits per heavy atom. The van der Waals surface area contributed by atoms with E-state index in [4.69, 9.17) is 4.74 Å². The van der Waals surface area contributed by atoms with Crippen molar-refractivity contribution >= 4 is 17.8 Å². The fraction of sp³-hybridized carbons (Fsp3) is 0.800. The summed E-state index contributed by atoms with van der Waals surface area (Å²) in [4.78, 5) is 36.9. The summed E-state index contributed by atoms with van der Waals surface area (Å²) >= 11 is 0. The van der Waals surface area contributed by atoms with Crippen LogP contribution in [0.3, 0.4) is 0 Å². The van der Waals surface area contributed by atoms with E-state index < -0.39 is 5.41 Å². The first-order valence-corrected chi connectivity index (χ1v) is 7.39. The van der Waals surface area contributed by atoms with Crippen LogP contribution in [-0.4, -0.2) is 49.4 Å². The first-order chi connectivity index (χ1) is 9.75. The highest BCUT2D eigenvalue weighted by Gasteiger charge is 2.28. The lowest BCUT2D eigenvalue weighted by Gasteiger charge is -2.30. The molecule has 0 aliphatic carbocycles. The molecule has 1 heterocycles. The number of likely N-dealkylation sites (tertiary alicyclic amines) is 1. The first-order valence-electron chi connectivity index (χ1n) is 7.39. The van der Waals surface area contributed by atoms with Gasteiger partial charge in [-0.25, -0.2) is 0 Å². The fourth-order valence-electron chi connectivity index (χ4n) is 2.24. The second-order valence-corrected chi connectivity index (χ2v) is 6.43. The van der Waals surface area contributed by atoms with Crippen molar-refractivity contribution < 1.29 is 19.1 Å². The Labute approximate surface area is 126 Å². The Kier molecular flexibility index (Phi) is 6.18. The molecular weight excluding hydrogens is 272 g/mol. The molecule has 21 heavy (non-hydrogen) atoms. The summed E-state index contributed by atoms with van der Waals surface area (Å²) < 4.78 is 4.72. The number of hydrogen-bond donors (Lipinski definition) is 1. The van der Waals surface area contributed by atoms with E-state index >= 15 is 0 Å². The van der Waals surface area contributed by atoms with Gasteiger partial charge in [0.05, 0.1) is 13.0 Å². The smallest absolute Gasteiger partial charge is 0.308 e. The molecule has 1 aliphatic heterocycles. The van der Waals surface area contributed by atoms with Gasteiger partial charge in [0.15, 0.2) is 0 Å². The highest BCUT2D eigenvalue weighted by Crippen LogP contribution is 2.19. The van der Waals surface area contributed by atoms with Crippen molar-refractivity contribution in [2.75, 3.05) is 26.7 Å². The number of hydrogen-bond acceptors (Lipinski definition) is 4. The molecule has 1 fully saturated rings. The summed E-state index contributed by atoms with van der Waals surface area (Å²) in [6, 6.07) is 0. The Morgan fingerprint density at radius 2 is 1.76 bits per heavy atom. The van der Waals surface area contributed by atoms with Crippen LogP contribution in [0, 0.1) is 11.3 Å². The van der Waals surface area contributed by atoms with Crippen molar-refractivity contribution in [2.45, 2.75) is 40.0 Å². The van der Waals surface area contributed by atoms with Crippen LogP contribution in [0.25, 0.3) is 0 Å². The van der Waals surface area contributed by atoms with Crippen molar-refractivity contribution in [1.29, 1.82) is 0 Å². The second kappa shape index (κ2) is 7.43. The molecule has 0 aromatic rings. The Balaban J connectivity index is 2.29. The fourth-order valence-corrected chi connectivity index (χ4v) is 2.24. The minimum absolute atomic E-state index is 0.0209. The molecule has 1 saturated heterocycles. The molecule has 120 valence electrons. The molecule has 0 aromatic carbocycles. The van der Waals surface area contributed by atoms with E-state index in [0.717, 1.165) is 0 Å². The van der Waals surface area contributed by atoms with E-state index in [0.29, 0.717) is 38.9 Å². The number of carbonyl (C=O) groups excluding carboxylic acids is 3. The van der Waals surface area contributed by atoms with E-state index in [1.54, 1.807) is 4.90 Å². The molecule has 1 aliphatic rings. The standard InChI is InChI=1S/C15H26N2O4/c1-15(2,3)14(20)16-8-5-12(18)17-9-6-11(7-10-17)13(19)21-4/h11H,5-10H2,1-4H3,(H,16,20). The maximum Gasteiger partial charge on any atom is 0.308 e. The van der Waals surface area contributed by atoms with Crippen LogP contribution < -0.4 is 5.32 Å². The van der Waals surface area contributed by atoms with Crippen LogP contribution in [0.4, 0.5) is 0 Å². The van der Waals surface area contributed by atoms with Gasteiger partial charge < -0.3 is 15.0 Å². The number of nitrogens with one attached hydrogen (secondary N) is 1. The minimum atomic E-state index is -0.443. The molecule has 1 rings (SSSR count). The molecule has 0 unspecified atom stereocenters. The largest absolute Gasteiger partial charge is 0.469 e. The molecule has 1 N–H and O–H groups in total. The molecule has 0 radical (unpaired) electrons. The predicted molar refractivity (Wildman–Crippen MR) is 78.4 cm³/mol. The van der Waals surface area contributed by atoms with E-state index in [2.05, 4.69) is 5.32 Å². The van der Waals surface area contributed by atoms with Gasteiger partial charge in [0.25, 0.3) is 0 Å². The summed E-state index contributed by atoms with van der Waals surface area (Å²) in [6.07, 6.45) is 1.59. The zero-order chi connectivity index (χ0) is 16.0. The third kappa shape index (κ3) is 5.36. The topological polar surface area (TPSA) is 75.7 Å². The van der Waals surface area contributed by atoms with Crippen molar-refractivity contribution in [3.05, 3.63) is 0 Å². The average Bonchev–Trinajstić information content (AvgIpc) is 2.45. The van der Waals surface area contributed by atoms with Gasteiger partial charge in [-0.3, -0.25) is 14.4 Å². The quantitative estimate of drug-likeness (QED) is 0.784. The van der Waals surface area contributed by atoms with Gasteiger partial charge in [0.1, 0.15) is 0 Å². The molecule has 0 spiro atoms. The molecular formula is C15H26N2O4. The zero-order valence-electron chi connectivity index (χ0n) is 13.4. The van der Waals surface area contributed by atoms with Crippen molar-refractivity contribution in [2.24, 2.45) is 11.3 Å². The average molecular weight is 298 g/mol. The summed E-state index contributed by atoms with van der Waals surface area (Å²) in [6.45, 7) is 7.01. The number of rotatable bonds is 4. The molecule has 6 heteroatoms. The summed E-state index contributed by atoms with van der Waals surface area (Å²) in [5, 5.41) is 2.77. The van der Waals surface area contributed by atoms with Gasteiger partial charge in [0, 0.05) is 31.5 Å². The first kappa shape index (κ1) is 17.5. The number of esters is 1. The second-order valence-electron chi connectivity index (χ2n) is 6.43. The number of nitrogens with zero attached hydrogens (tertiary/aromatic N) is 1. The Morgan fingerprint density at radius 1 is 1.19 bits per heavy atom. The van der Waals surface area contributed by atoms with E-state index in [-0.39, 0.29) is 23.7 Å². The summed E-state index contributed by atoms with van der Waals surface area (Å²) in [5.74, 6) is -0.327. The van der Waals surface area contributed by atoms with Crippen LogP contribution in [0.15, 0.2) is 0 Å². The molecule has 0 saturated carbocycles. The number of methoxy groups -OCH3 is 1. The molecule has 0 aromatic heterocycles. The van der Waals surface area contributed by atoms with Gasteiger partial charge in [-0.1, -0.05) is 20.8 Å². The van der Waals surface area contributed by atoms with Crippen molar-refractivity contribution in [1.82, 2.24) is 10.2 Å². The molecule has 0 bridgehead atoms. The lowest BCUT2D eigenvalue weighted by molar-refractivity contribution is -0.149. The predicted octanol–water partition coefficient (Wildman–Crippen LogP) is 0.950. The van der Waals surface area contributed by atoms with E-state index in [1.807, 2.05) is 20.8 Å². The lowest BCUT2D eigenvalue weighted by atomic mass is 9.95. The van der Waals surface area contributed by atoms with Crippen LogP contribution >= 0.6 is 0 Å². The summed E-state index contributed by atoms with van der Waals surface area (Å²) in [5.41, 5.74) is -0.443. The highest BCUT2D eigenvalue weighted by atomic mass is 16.5. The Hall–Kier alpha value is -1.59. The maximum atomic E-state index is 12.0. The number of piperidine rings is 1. The van der Waals surface area contributed by atoms with Crippen LogP contribution in [0.2, 0.25) is 0 Å². The highest BCUT2D eigenvalue weighted by molar-refractivity contribution is 5.82. The SMILES string of the molecule is COC(=O)C1CCN(C(=O)CCNC(=O)C(C)(C)C)CC1. The molecule has 6 nitrogen and oxygen atoms in total. The third-order valence-corrected chi connectivity index (χ3v) is 3.69. The third-order valence-electron chi connectivity index (χ3n) is 3.69. The van der Waals surface area contributed by atoms with Crippen LogP contribution in [-0.2, 0) is 19.1 Å². The normalized spacial score (nSPS) is 16.5. The van der Waals surface area contributed by atoms with Crippen LogP contribution in [0.1, 0.15) is 40.0 Å². The van der Waals surface area contributed by atoms with Crippen LogP contribution in [0.5, 0.6) is 0 Å². The van der Waals surface area contributed by atoms with Crippen molar-refractivity contribution in [3.8, 4) is 0 Å². The minimum Gasteiger partial charge on any atom is -0.469 e. The van der Waals surface area contributed by atoms with Crippen molar-refractivity contribution in [3.63, 3.8) is 0 Å². The summed E-state index contributed by atoms with van der Waals surface area (Å²) in [7, 11) is 1.39. The number of carbonyl (C=O) groups is 3. The van der Waals surface area contributed by atoms with E-state index in [1.165, 1.54) is 7.11 Å². The van der Waals surface area contributed by atoms with Gasteiger partial charge in [0.2, 0.25) is 11.8 Å². The Bertz CT molecular complexity index is 393. The maximum absolute atomic E-state index is 12.0. The monoisotopic (exact) mass is 298 g/mol. The van der Waals surface area contributed by atoms with Gasteiger partial charge in [-0.15, -0.1) is 0 Å². The van der Waals surface area contributed by atoms with E-state index in [9.17, 15) is 14.4 Å².